The van der Waals surface area contributed by atoms with Crippen molar-refractivity contribution in [1.82, 2.24) is 10.2 Å². The van der Waals surface area contributed by atoms with Crippen molar-refractivity contribution in [3.05, 3.63) is 29.3 Å². The van der Waals surface area contributed by atoms with Crippen molar-refractivity contribution in [3.63, 3.8) is 0 Å². The number of benzene rings is 1. The van der Waals surface area contributed by atoms with Crippen molar-refractivity contribution in [2.45, 2.75) is 51.2 Å². The molecule has 3 aliphatic heterocycles. The fourth-order valence-corrected chi connectivity index (χ4v) is 5.01. The lowest BCUT2D eigenvalue weighted by Crippen LogP contribution is -2.54. The van der Waals surface area contributed by atoms with Crippen molar-refractivity contribution in [2.75, 3.05) is 5.32 Å². The van der Waals surface area contributed by atoms with Crippen LogP contribution in [0.5, 0.6) is 0 Å². The molecule has 2 fully saturated rings. The van der Waals surface area contributed by atoms with Crippen molar-refractivity contribution in [2.24, 2.45) is 17.6 Å². The van der Waals surface area contributed by atoms with Gasteiger partial charge in [0, 0.05) is 29.8 Å². The highest BCUT2D eigenvalue weighted by Gasteiger charge is 2.70. The first-order chi connectivity index (χ1) is 13.2. The summed E-state index contributed by atoms with van der Waals surface area (Å²) in [4.78, 5) is 52.7. The van der Waals surface area contributed by atoms with Crippen LogP contribution >= 0.6 is 0 Å². The SMILES string of the molecule is CCC(C)N1C(=O)C2C(CC(N)=O)NC3(C(=O)Nc4c(C)cccc43)C2C1=O. The second-order valence-corrected chi connectivity index (χ2v) is 7.99. The molecule has 3 heterocycles. The first kappa shape index (κ1) is 18.6. The van der Waals surface area contributed by atoms with Gasteiger partial charge < -0.3 is 11.1 Å². The van der Waals surface area contributed by atoms with E-state index in [1.165, 1.54) is 4.90 Å². The van der Waals surface area contributed by atoms with Crippen LogP contribution in [0.25, 0.3) is 0 Å². The maximum absolute atomic E-state index is 13.4. The smallest absolute Gasteiger partial charge is 0.250 e. The van der Waals surface area contributed by atoms with E-state index in [2.05, 4.69) is 10.6 Å². The van der Waals surface area contributed by atoms with Crippen LogP contribution in [-0.2, 0) is 24.7 Å². The summed E-state index contributed by atoms with van der Waals surface area (Å²) in [5, 5.41) is 6.07. The number of nitrogens with one attached hydrogen (secondary N) is 2. The number of anilines is 1. The van der Waals surface area contributed by atoms with Crippen LogP contribution in [0.3, 0.4) is 0 Å². The number of hydrogen-bond donors (Lipinski definition) is 3. The topological polar surface area (TPSA) is 122 Å². The van der Waals surface area contributed by atoms with Crippen LogP contribution in [0.1, 0.15) is 37.8 Å². The van der Waals surface area contributed by atoms with E-state index in [1.807, 2.05) is 32.9 Å². The number of primary amides is 1. The number of aryl methyl sites for hydroxylation is 1. The van der Waals surface area contributed by atoms with Crippen LogP contribution in [0.4, 0.5) is 5.69 Å². The summed E-state index contributed by atoms with van der Waals surface area (Å²) >= 11 is 0. The van der Waals surface area contributed by atoms with Crippen LogP contribution in [0.2, 0.25) is 0 Å². The quantitative estimate of drug-likeness (QED) is 0.649. The molecule has 3 aliphatic rings. The van der Waals surface area contributed by atoms with E-state index in [0.29, 0.717) is 17.7 Å². The van der Waals surface area contributed by atoms with E-state index in [0.717, 1.165) is 5.56 Å². The Kier molecular flexibility index (Phi) is 4.08. The van der Waals surface area contributed by atoms with E-state index in [9.17, 15) is 19.2 Å². The molecule has 5 atom stereocenters. The van der Waals surface area contributed by atoms with Crippen molar-refractivity contribution < 1.29 is 19.2 Å². The van der Waals surface area contributed by atoms with Gasteiger partial charge in [0.15, 0.2) is 0 Å². The zero-order valence-electron chi connectivity index (χ0n) is 16.1. The molecule has 28 heavy (non-hydrogen) atoms. The van der Waals surface area contributed by atoms with Gasteiger partial charge in [-0.15, -0.1) is 0 Å². The third-order valence-corrected chi connectivity index (χ3v) is 6.45. The first-order valence-corrected chi connectivity index (χ1v) is 9.58. The second kappa shape index (κ2) is 6.13. The second-order valence-electron chi connectivity index (χ2n) is 7.99. The van der Waals surface area contributed by atoms with Gasteiger partial charge in [-0.05, 0) is 25.8 Å². The maximum Gasteiger partial charge on any atom is 0.250 e. The third-order valence-electron chi connectivity index (χ3n) is 6.45. The van der Waals surface area contributed by atoms with Gasteiger partial charge in [-0.25, -0.2) is 0 Å². The summed E-state index contributed by atoms with van der Waals surface area (Å²) in [7, 11) is 0. The molecule has 4 amide bonds. The van der Waals surface area contributed by atoms with E-state index < -0.39 is 29.3 Å². The maximum atomic E-state index is 13.4. The van der Waals surface area contributed by atoms with Crippen molar-refractivity contribution in [1.29, 1.82) is 0 Å². The minimum atomic E-state index is -1.37. The number of nitrogens with two attached hydrogens (primary N) is 1. The van der Waals surface area contributed by atoms with Crippen LogP contribution in [0, 0.1) is 18.8 Å². The van der Waals surface area contributed by atoms with Gasteiger partial charge in [-0.2, -0.15) is 0 Å². The lowest BCUT2D eigenvalue weighted by molar-refractivity contribution is -0.145. The van der Waals surface area contributed by atoms with E-state index in [1.54, 1.807) is 6.07 Å². The Morgan fingerprint density at radius 2 is 2.00 bits per heavy atom. The normalized spacial score (nSPS) is 31.9. The number of carbonyl (C=O) groups excluding carboxylic acids is 4. The fourth-order valence-electron chi connectivity index (χ4n) is 5.01. The summed E-state index contributed by atoms with van der Waals surface area (Å²) in [5.41, 5.74) is 6.20. The number of para-hydroxylation sites is 1. The Bertz CT molecular complexity index is 913. The molecule has 0 aromatic heterocycles. The summed E-state index contributed by atoms with van der Waals surface area (Å²) < 4.78 is 0. The summed E-state index contributed by atoms with van der Waals surface area (Å²) in [6.45, 7) is 5.58. The Morgan fingerprint density at radius 3 is 2.64 bits per heavy atom. The average molecular weight is 384 g/mol. The minimum Gasteiger partial charge on any atom is -0.370 e. The summed E-state index contributed by atoms with van der Waals surface area (Å²) in [5.74, 6) is -3.36. The highest BCUT2D eigenvalue weighted by molar-refractivity contribution is 6.15. The van der Waals surface area contributed by atoms with Crippen molar-refractivity contribution >= 4 is 29.3 Å². The van der Waals surface area contributed by atoms with Crippen molar-refractivity contribution in [3.8, 4) is 0 Å². The molecule has 8 nitrogen and oxygen atoms in total. The number of likely N-dealkylation sites (tertiary alicyclic amines) is 1. The minimum absolute atomic E-state index is 0.120. The Hall–Kier alpha value is -2.74. The third kappa shape index (κ3) is 2.21. The zero-order valence-corrected chi connectivity index (χ0v) is 16.1. The fraction of sp³-hybridized carbons (Fsp3) is 0.500. The van der Waals surface area contributed by atoms with E-state index in [-0.39, 0.29) is 30.2 Å². The van der Waals surface area contributed by atoms with Crippen LogP contribution in [-0.4, -0.2) is 40.6 Å². The number of carbonyl (C=O) groups is 4. The van der Waals surface area contributed by atoms with Gasteiger partial charge in [-0.1, -0.05) is 25.1 Å². The molecule has 1 aromatic carbocycles. The Labute approximate surface area is 162 Å². The highest BCUT2D eigenvalue weighted by atomic mass is 16.2. The molecule has 148 valence electrons. The lowest BCUT2D eigenvalue weighted by atomic mass is 9.76. The number of imide groups is 1. The molecule has 4 rings (SSSR count). The van der Waals surface area contributed by atoms with Gasteiger partial charge >= 0.3 is 0 Å². The molecular formula is C20H24N4O4. The molecule has 1 aromatic rings. The summed E-state index contributed by atoms with van der Waals surface area (Å²) in [6, 6.07) is 4.53. The molecule has 2 saturated heterocycles. The zero-order chi connectivity index (χ0) is 20.4. The van der Waals surface area contributed by atoms with Gasteiger partial charge in [0.25, 0.3) is 0 Å². The average Bonchev–Trinajstić information content (AvgIpc) is 3.21. The molecule has 0 bridgehead atoms. The standard InChI is InChI=1S/C20H24N4O4/c1-4-10(3)24-17(26)14-12(8-13(21)25)23-20(15(14)18(24)27)11-7-5-6-9(2)16(11)22-19(20)28/h5-7,10,12,14-15,23H,4,8H2,1-3H3,(H2,21,25)(H,22,28). The van der Waals surface area contributed by atoms with Crippen LogP contribution in [0.15, 0.2) is 18.2 Å². The Balaban J connectivity index is 1.90. The number of hydrogen-bond acceptors (Lipinski definition) is 5. The highest BCUT2D eigenvalue weighted by Crippen LogP contribution is 2.54. The van der Waals surface area contributed by atoms with E-state index >= 15 is 0 Å². The number of rotatable bonds is 4. The molecule has 1 spiro atoms. The lowest BCUT2D eigenvalue weighted by Gasteiger charge is -2.31. The molecule has 0 aliphatic carbocycles. The van der Waals surface area contributed by atoms with Gasteiger partial charge in [0.1, 0.15) is 5.54 Å². The van der Waals surface area contributed by atoms with Gasteiger partial charge in [0.05, 0.1) is 11.8 Å². The predicted molar refractivity (Wildman–Crippen MR) is 101 cm³/mol. The number of amides is 4. The molecule has 5 unspecified atom stereocenters. The van der Waals surface area contributed by atoms with Crippen LogP contribution < -0.4 is 16.4 Å². The van der Waals surface area contributed by atoms with Gasteiger partial charge in [0.2, 0.25) is 23.6 Å². The monoisotopic (exact) mass is 384 g/mol. The number of fused-ring (bicyclic) bond motifs is 4. The first-order valence-electron chi connectivity index (χ1n) is 9.58. The van der Waals surface area contributed by atoms with Gasteiger partial charge in [-0.3, -0.25) is 29.4 Å². The molecule has 8 heteroatoms. The Morgan fingerprint density at radius 1 is 1.29 bits per heavy atom. The molecular weight excluding hydrogens is 360 g/mol. The summed E-state index contributed by atoms with van der Waals surface area (Å²) in [6.07, 6.45) is 0.491. The predicted octanol–water partition coefficient (Wildman–Crippen LogP) is 0.389. The molecule has 4 N–H and O–H groups in total. The largest absolute Gasteiger partial charge is 0.370 e. The number of nitrogens with zero attached hydrogens (tertiary/aromatic N) is 1. The molecule has 0 radical (unpaired) electrons. The molecule has 0 saturated carbocycles. The van der Waals surface area contributed by atoms with E-state index in [4.69, 9.17) is 5.73 Å².